The first-order chi connectivity index (χ1) is 2.41. The monoisotopic (exact) mass is 71.1 g/mol. The van der Waals surface area contributed by atoms with E-state index in [9.17, 15) is 0 Å². The van der Waals surface area contributed by atoms with E-state index in [1.54, 1.807) is 6.08 Å². The number of hydrogen-bond acceptors (Lipinski definition) is 1. The lowest BCUT2D eigenvalue weighted by atomic mass is 10.7. The van der Waals surface area contributed by atoms with E-state index < -0.39 is 0 Å². The van der Waals surface area contributed by atoms with Crippen molar-refractivity contribution in [1.82, 2.24) is 0 Å². The van der Waals surface area contributed by atoms with Crippen molar-refractivity contribution in [2.75, 3.05) is 0 Å². The molecule has 28 valence electrons. The fourth-order valence-electron chi connectivity index (χ4n) is 0.0642. The summed E-state index contributed by atoms with van der Waals surface area (Å²) in [7, 11) is 0. The summed E-state index contributed by atoms with van der Waals surface area (Å²) in [6, 6.07) is 0. The molecule has 0 rings (SSSR count). The highest BCUT2D eigenvalue weighted by Crippen LogP contribution is 1.41. The van der Waals surface area contributed by atoms with Crippen molar-refractivity contribution in [2.24, 2.45) is 5.73 Å². The van der Waals surface area contributed by atoms with Crippen molar-refractivity contribution >= 4 is 6.21 Å². The molecule has 0 amide bonds. The minimum absolute atomic E-state index is 1.38. The van der Waals surface area contributed by atoms with Crippen LogP contribution in [0.15, 0.2) is 12.3 Å². The van der Waals surface area contributed by atoms with Crippen LogP contribution in [0.2, 0.25) is 0 Å². The Morgan fingerprint density at radius 3 is 2.20 bits per heavy atom. The molecule has 0 aromatic carbocycles. The van der Waals surface area contributed by atoms with E-state index in [4.69, 9.17) is 11.1 Å². The van der Waals surface area contributed by atoms with Crippen LogP contribution in [-0.4, -0.2) is 6.21 Å². The van der Waals surface area contributed by atoms with Gasteiger partial charge in [0, 0.05) is 6.08 Å². The summed E-state index contributed by atoms with van der Waals surface area (Å²) >= 11 is 0. The quantitative estimate of drug-likeness (QED) is 0.355. The van der Waals surface area contributed by atoms with Gasteiger partial charge in [-0.3, -0.25) is 5.41 Å². The Morgan fingerprint density at radius 2 is 2.20 bits per heavy atom. The highest BCUT2D eigenvalue weighted by atomic mass is 14.5. The van der Waals surface area contributed by atoms with Gasteiger partial charge in [0.2, 0.25) is 0 Å². The molecule has 0 saturated heterocycles. The molecule has 0 aromatic rings. The maximum atomic E-state index is 4.85. The predicted molar refractivity (Wildman–Crippen MR) is 21.3 cm³/mol. The van der Waals surface area contributed by atoms with Gasteiger partial charge in [-0.1, -0.05) is 0 Å². The lowest BCUT2D eigenvalue weighted by Crippen LogP contribution is -2.28. The zero-order valence-corrected chi connectivity index (χ0v) is 2.89. The summed E-state index contributed by atoms with van der Waals surface area (Å²) in [6.45, 7) is 0. The zero-order chi connectivity index (χ0) is 4.12. The van der Waals surface area contributed by atoms with Crippen molar-refractivity contribution in [3.8, 4) is 0 Å². The van der Waals surface area contributed by atoms with Gasteiger partial charge in [-0.05, 0) is 6.20 Å². The normalized spacial score (nSPS) is 8.80. The number of rotatable bonds is 1. The van der Waals surface area contributed by atoms with Crippen LogP contribution >= 0.6 is 0 Å². The highest BCUT2D eigenvalue weighted by molar-refractivity contribution is 5.64. The van der Waals surface area contributed by atoms with Gasteiger partial charge in [0.1, 0.15) is 0 Å². The van der Waals surface area contributed by atoms with E-state index in [2.05, 4.69) is 0 Å². The molecule has 0 heterocycles. The maximum Gasteiger partial charge on any atom is 0.161 e. The molecule has 0 aliphatic carbocycles. The fraction of sp³-hybridized carbons (Fsp3) is 0. The van der Waals surface area contributed by atoms with Gasteiger partial charge < -0.3 is 5.73 Å². The van der Waals surface area contributed by atoms with Crippen LogP contribution in [0.25, 0.3) is 0 Å². The van der Waals surface area contributed by atoms with Crippen LogP contribution in [0.3, 0.4) is 0 Å². The fourth-order valence-corrected chi connectivity index (χ4v) is 0.0642. The van der Waals surface area contributed by atoms with Crippen LogP contribution < -0.4 is 11.1 Å². The van der Waals surface area contributed by atoms with E-state index in [1.165, 1.54) is 12.4 Å². The first-order valence-corrected chi connectivity index (χ1v) is 1.33. The highest BCUT2D eigenvalue weighted by Gasteiger charge is 1.49. The molecule has 0 bridgehead atoms. The second kappa shape index (κ2) is 3.21. The van der Waals surface area contributed by atoms with Crippen LogP contribution in [0.1, 0.15) is 0 Å². The molecule has 0 saturated carbocycles. The third-order valence-corrected chi connectivity index (χ3v) is 0.222. The number of allylic oxidation sites excluding steroid dienone is 1. The molecular formula is C3H7N2+. The Balaban J connectivity index is 2.92. The Hall–Kier alpha value is -0.790. The standard InChI is InChI=1S/C3H6N2/c4-2-1-3-5/h1-4H,5H2/p+1. The van der Waals surface area contributed by atoms with Crippen molar-refractivity contribution in [3.05, 3.63) is 12.3 Å². The third-order valence-electron chi connectivity index (χ3n) is 0.222. The molecular weight excluding hydrogens is 64.0 g/mol. The molecule has 2 nitrogen and oxygen atoms in total. The van der Waals surface area contributed by atoms with E-state index in [1.807, 2.05) is 0 Å². The number of hydrogen-bond donors (Lipinski definition) is 2. The average Bonchev–Trinajstić information content (AvgIpc) is 1.41. The van der Waals surface area contributed by atoms with Gasteiger partial charge in [0.15, 0.2) is 6.21 Å². The first kappa shape index (κ1) is 4.21. The minimum atomic E-state index is 1.38. The predicted octanol–water partition coefficient (Wildman–Crippen LogP) is -1.71. The molecule has 0 aliphatic heterocycles. The molecule has 0 aliphatic rings. The second-order valence-corrected chi connectivity index (χ2v) is 0.577. The Morgan fingerprint density at radius 1 is 1.60 bits per heavy atom. The molecule has 0 spiro atoms. The average molecular weight is 71.1 g/mol. The first-order valence-electron chi connectivity index (χ1n) is 1.33. The molecule has 0 unspecified atom stereocenters. The topological polar surface area (TPSA) is 51.6 Å². The molecule has 0 aromatic heterocycles. The van der Waals surface area contributed by atoms with E-state index in [0.717, 1.165) is 0 Å². The van der Waals surface area contributed by atoms with Gasteiger partial charge in [0.25, 0.3) is 0 Å². The van der Waals surface area contributed by atoms with Crippen LogP contribution in [0.4, 0.5) is 0 Å². The summed E-state index contributed by atoms with van der Waals surface area (Å²) in [5, 5.41) is 4.85. The Labute approximate surface area is 30.8 Å². The molecule has 0 fully saturated rings. The van der Waals surface area contributed by atoms with E-state index in [-0.39, 0.29) is 0 Å². The zero-order valence-electron chi connectivity index (χ0n) is 2.89. The minimum Gasteiger partial charge on any atom is -0.404 e. The molecule has 0 radical (unpaired) electrons. The van der Waals surface area contributed by atoms with Crippen LogP contribution in [-0.2, 0) is 0 Å². The van der Waals surface area contributed by atoms with E-state index >= 15 is 0 Å². The summed E-state index contributed by atoms with van der Waals surface area (Å²) in [5.41, 5.74) is 4.85. The van der Waals surface area contributed by atoms with Crippen molar-refractivity contribution < 1.29 is 5.41 Å². The summed E-state index contributed by atoms with van der Waals surface area (Å²) in [5.74, 6) is 0. The van der Waals surface area contributed by atoms with Gasteiger partial charge in [-0.15, -0.1) is 0 Å². The summed E-state index contributed by atoms with van der Waals surface area (Å²) in [4.78, 5) is 0. The third kappa shape index (κ3) is 3.21. The molecule has 2 heteroatoms. The molecule has 4 N–H and O–H groups in total. The Kier molecular flexibility index (Phi) is 2.70. The largest absolute Gasteiger partial charge is 0.404 e. The lowest BCUT2D eigenvalue weighted by Gasteiger charge is -1.53. The van der Waals surface area contributed by atoms with Gasteiger partial charge in [0.05, 0.1) is 0 Å². The second-order valence-electron chi connectivity index (χ2n) is 0.577. The maximum absolute atomic E-state index is 4.85. The molecule has 0 atom stereocenters. The smallest absolute Gasteiger partial charge is 0.161 e. The van der Waals surface area contributed by atoms with Crippen LogP contribution in [0.5, 0.6) is 0 Å². The SMILES string of the molecule is NC=CC=[NH2+]. The number of nitrogens with two attached hydrogens (primary N) is 2. The summed E-state index contributed by atoms with van der Waals surface area (Å²) < 4.78 is 0. The Bertz CT molecular complexity index is 46.9. The molecule has 5 heavy (non-hydrogen) atoms. The van der Waals surface area contributed by atoms with Crippen molar-refractivity contribution in [1.29, 1.82) is 0 Å². The van der Waals surface area contributed by atoms with Gasteiger partial charge in [-0.25, -0.2) is 0 Å². The van der Waals surface area contributed by atoms with Crippen molar-refractivity contribution in [3.63, 3.8) is 0 Å². The lowest BCUT2D eigenvalue weighted by molar-refractivity contribution is -0.104. The van der Waals surface area contributed by atoms with Gasteiger partial charge >= 0.3 is 0 Å². The summed E-state index contributed by atoms with van der Waals surface area (Å²) in [6.07, 6.45) is 4.31. The van der Waals surface area contributed by atoms with E-state index in [0.29, 0.717) is 0 Å². The van der Waals surface area contributed by atoms with Crippen molar-refractivity contribution in [2.45, 2.75) is 0 Å². The van der Waals surface area contributed by atoms with Crippen LogP contribution in [0, 0.1) is 0 Å². The van der Waals surface area contributed by atoms with Gasteiger partial charge in [-0.2, -0.15) is 0 Å².